The van der Waals surface area contributed by atoms with Gasteiger partial charge in [-0.25, -0.2) is 4.85 Å². The number of rotatable bonds is 2. The quantitative estimate of drug-likeness (QED) is 0.621. The van der Waals surface area contributed by atoms with Gasteiger partial charge < -0.3 is 4.74 Å². The number of carbonyl (C=O) groups is 1. The molecule has 1 aromatic rings. The van der Waals surface area contributed by atoms with Crippen LogP contribution >= 0.6 is 0 Å². The van der Waals surface area contributed by atoms with Crippen molar-refractivity contribution in [1.29, 1.82) is 0 Å². The van der Waals surface area contributed by atoms with Crippen molar-refractivity contribution in [2.45, 2.75) is 30.4 Å². The molecule has 24 heavy (non-hydrogen) atoms. The number of hydrogen-bond acceptors (Lipinski definition) is 3. The number of benzene rings is 1. The van der Waals surface area contributed by atoms with Crippen LogP contribution in [0, 0.1) is 12.5 Å². The van der Waals surface area contributed by atoms with Crippen molar-refractivity contribution in [3.05, 3.63) is 59.5 Å². The summed E-state index contributed by atoms with van der Waals surface area (Å²) in [5.74, 6) is 0.982. The van der Waals surface area contributed by atoms with Crippen molar-refractivity contribution in [3.8, 4) is 5.75 Å². The normalized spacial score (nSPS) is 35.1. The zero-order chi connectivity index (χ0) is 16.5. The Morgan fingerprint density at radius 3 is 3.17 bits per heavy atom. The molecule has 2 unspecified atom stereocenters. The highest BCUT2D eigenvalue weighted by Crippen LogP contribution is 2.61. The molecule has 2 aliphatic heterocycles. The van der Waals surface area contributed by atoms with E-state index >= 15 is 0 Å². The number of piperidine rings is 1. The van der Waals surface area contributed by atoms with Gasteiger partial charge in [-0.1, -0.05) is 24.3 Å². The zero-order valence-corrected chi connectivity index (χ0v) is 13.4. The van der Waals surface area contributed by atoms with E-state index in [1.54, 1.807) is 6.08 Å². The minimum absolute atomic E-state index is 0.0437. The lowest BCUT2D eigenvalue weighted by Crippen LogP contribution is -2.64. The molecular weight excluding hydrogens is 300 g/mol. The fourth-order valence-corrected chi connectivity index (χ4v) is 5.46. The van der Waals surface area contributed by atoms with Gasteiger partial charge in [0.15, 0.2) is 11.9 Å². The Balaban J connectivity index is 1.78. The monoisotopic (exact) mass is 318 g/mol. The van der Waals surface area contributed by atoms with Gasteiger partial charge in [0.1, 0.15) is 5.75 Å². The topological polar surface area (TPSA) is 33.9 Å². The molecule has 0 radical (unpaired) electrons. The number of carbonyl (C=O) groups excluding carboxylic acids is 1. The van der Waals surface area contributed by atoms with Crippen LogP contribution in [-0.2, 0) is 16.6 Å². The third kappa shape index (κ3) is 1.44. The van der Waals surface area contributed by atoms with E-state index in [1.165, 1.54) is 5.56 Å². The van der Waals surface area contributed by atoms with E-state index in [9.17, 15) is 4.79 Å². The molecule has 4 atom stereocenters. The molecule has 1 saturated heterocycles. The van der Waals surface area contributed by atoms with Gasteiger partial charge in [-0.3, -0.25) is 9.69 Å². The molecular formula is C20H18N2O2. The summed E-state index contributed by atoms with van der Waals surface area (Å²) in [6, 6.07) is 4.29. The first-order valence-electron chi connectivity index (χ1n) is 8.48. The predicted octanol–water partition coefficient (Wildman–Crippen LogP) is 2.81. The summed E-state index contributed by atoms with van der Waals surface area (Å²) in [5.41, 5.74) is 2.66. The SMILES string of the molecule is [C-]#[N+]c1ccc2c3c1OC1C(=O)C=CC4[C@@H](C2)N(CC=C)CC[C@]314. The van der Waals surface area contributed by atoms with Gasteiger partial charge in [0.05, 0.1) is 12.0 Å². The second-order valence-electron chi connectivity index (χ2n) is 7.19. The Bertz CT molecular complexity index is 850. The molecule has 0 saturated carbocycles. The highest BCUT2D eigenvalue weighted by atomic mass is 16.5. The van der Waals surface area contributed by atoms with Gasteiger partial charge in [0, 0.05) is 18.5 Å². The van der Waals surface area contributed by atoms with Crippen LogP contribution in [-0.4, -0.2) is 35.9 Å². The predicted molar refractivity (Wildman–Crippen MR) is 90.3 cm³/mol. The van der Waals surface area contributed by atoms with E-state index in [4.69, 9.17) is 11.3 Å². The molecule has 1 aromatic carbocycles. The number of likely N-dealkylation sites (tertiary alicyclic amines) is 1. The molecule has 120 valence electrons. The standard InChI is InChI=1S/C20H18N2O2/c1-3-9-22-10-8-20-13-5-7-16(23)19(20)24-18-14(21-2)6-4-12(17(18)20)11-15(13)22/h3-7,13,15,19H,1,8-11H2/t13?,15-,19?,20+/m1/s1. The summed E-state index contributed by atoms with van der Waals surface area (Å²) in [4.78, 5) is 18.7. The van der Waals surface area contributed by atoms with Crippen LogP contribution in [0.4, 0.5) is 5.69 Å². The number of hydrogen-bond donors (Lipinski definition) is 0. The van der Waals surface area contributed by atoms with Gasteiger partial charge in [-0.05, 0) is 36.6 Å². The minimum atomic E-state index is -0.460. The molecule has 2 aliphatic carbocycles. The molecule has 0 aromatic heterocycles. The average Bonchev–Trinajstić information content (AvgIpc) is 2.94. The van der Waals surface area contributed by atoms with E-state index in [0.29, 0.717) is 17.5 Å². The van der Waals surface area contributed by atoms with E-state index in [1.807, 2.05) is 12.1 Å². The summed E-state index contributed by atoms with van der Waals surface area (Å²) in [6.45, 7) is 13.2. The molecule has 5 rings (SSSR count). The fraction of sp³-hybridized carbons (Fsp3) is 0.400. The summed E-state index contributed by atoms with van der Waals surface area (Å²) < 4.78 is 6.15. The third-order valence-corrected chi connectivity index (χ3v) is 6.32. The van der Waals surface area contributed by atoms with Crippen LogP contribution < -0.4 is 4.74 Å². The lowest BCUT2D eigenvalue weighted by molar-refractivity contribution is -0.127. The maximum atomic E-state index is 12.6. The van der Waals surface area contributed by atoms with E-state index in [0.717, 1.165) is 31.5 Å². The first kappa shape index (κ1) is 14.0. The minimum Gasteiger partial charge on any atom is -0.492 e. The van der Waals surface area contributed by atoms with Crippen LogP contribution in [0.3, 0.4) is 0 Å². The number of nitrogens with zero attached hydrogens (tertiary/aromatic N) is 2. The maximum Gasteiger partial charge on any atom is 0.228 e. The van der Waals surface area contributed by atoms with Gasteiger partial charge >= 0.3 is 0 Å². The highest BCUT2D eigenvalue weighted by molar-refractivity contribution is 5.98. The Morgan fingerprint density at radius 2 is 2.38 bits per heavy atom. The van der Waals surface area contributed by atoms with E-state index in [2.05, 4.69) is 28.5 Å². The van der Waals surface area contributed by atoms with Gasteiger partial charge in [-0.15, -0.1) is 6.58 Å². The molecule has 2 heterocycles. The van der Waals surface area contributed by atoms with Gasteiger partial charge in [0.25, 0.3) is 0 Å². The molecule has 2 bridgehead atoms. The first-order valence-corrected chi connectivity index (χ1v) is 8.48. The molecule has 4 aliphatic rings. The van der Waals surface area contributed by atoms with Gasteiger partial charge in [-0.2, -0.15) is 0 Å². The highest BCUT2D eigenvalue weighted by Gasteiger charge is 2.64. The second kappa shape index (κ2) is 4.58. The number of ketones is 1. The molecule has 4 heteroatoms. The third-order valence-electron chi connectivity index (χ3n) is 6.32. The van der Waals surface area contributed by atoms with Crippen LogP contribution in [0.1, 0.15) is 17.5 Å². The molecule has 4 nitrogen and oxygen atoms in total. The van der Waals surface area contributed by atoms with Crippen molar-refractivity contribution in [2.24, 2.45) is 5.92 Å². The lowest BCUT2D eigenvalue weighted by atomic mass is 9.53. The molecule has 0 N–H and O–H groups in total. The average molecular weight is 318 g/mol. The largest absolute Gasteiger partial charge is 0.492 e. The van der Waals surface area contributed by atoms with Crippen molar-refractivity contribution < 1.29 is 9.53 Å². The Labute approximate surface area is 141 Å². The Kier molecular flexibility index (Phi) is 2.67. The van der Waals surface area contributed by atoms with Crippen LogP contribution in [0.15, 0.2) is 36.9 Å². The van der Waals surface area contributed by atoms with Gasteiger partial charge in [0.2, 0.25) is 5.69 Å². The smallest absolute Gasteiger partial charge is 0.228 e. The maximum absolute atomic E-state index is 12.6. The van der Waals surface area contributed by atoms with Crippen molar-refractivity contribution in [2.75, 3.05) is 13.1 Å². The summed E-state index contributed by atoms with van der Waals surface area (Å²) in [5, 5.41) is 0. The van der Waals surface area contributed by atoms with Crippen LogP contribution in [0.2, 0.25) is 0 Å². The first-order chi connectivity index (χ1) is 11.7. The molecule has 0 amide bonds. The van der Waals surface area contributed by atoms with E-state index < -0.39 is 6.10 Å². The summed E-state index contributed by atoms with van der Waals surface area (Å²) >= 11 is 0. The molecule has 1 spiro atoms. The summed E-state index contributed by atoms with van der Waals surface area (Å²) in [7, 11) is 0. The Morgan fingerprint density at radius 1 is 1.50 bits per heavy atom. The lowest BCUT2D eigenvalue weighted by Gasteiger charge is -2.56. The molecule has 1 fully saturated rings. The van der Waals surface area contributed by atoms with Crippen LogP contribution in [0.25, 0.3) is 4.85 Å². The fourth-order valence-electron chi connectivity index (χ4n) is 5.46. The van der Waals surface area contributed by atoms with Crippen molar-refractivity contribution >= 4 is 11.5 Å². The zero-order valence-electron chi connectivity index (χ0n) is 13.4. The summed E-state index contributed by atoms with van der Waals surface area (Å²) in [6.07, 6.45) is 7.13. The Hall–Kier alpha value is -2.38. The number of ether oxygens (including phenoxy) is 1. The van der Waals surface area contributed by atoms with Crippen LogP contribution in [0.5, 0.6) is 5.75 Å². The second-order valence-corrected chi connectivity index (χ2v) is 7.19. The van der Waals surface area contributed by atoms with Crippen molar-refractivity contribution in [3.63, 3.8) is 0 Å². The van der Waals surface area contributed by atoms with E-state index in [-0.39, 0.29) is 17.1 Å². The van der Waals surface area contributed by atoms with Crippen molar-refractivity contribution in [1.82, 2.24) is 4.90 Å².